The van der Waals surface area contributed by atoms with Gasteiger partial charge in [-0.2, -0.15) is 5.10 Å². The highest BCUT2D eigenvalue weighted by Crippen LogP contribution is 2.22. The Bertz CT molecular complexity index is 644. The van der Waals surface area contributed by atoms with Crippen LogP contribution in [0.15, 0.2) is 33.7 Å². The molecule has 0 saturated carbocycles. The molecule has 9 heteroatoms. The molecule has 0 atom stereocenters. The zero-order valence-electron chi connectivity index (χ0n) is 11.1. The first kappa shape index (κ1) is 15.3. The second-order valence-corrected chi connectivity index (χ2v) is 5.96. The van der Waals surface area contributed by atoms with E-state index in [0.717, 1.165) is 5.56 Å². The van der Waals surface area contributed by atoms with E-state index in [1.807, 2.05) is 24.3 Å². The van der Waals surface area contributed by atoms with E-state index in [0.29, 0.717) is 15.2 Å². The molecule has 1 heterocycles. The molecular weight excluding hydrogens is 310 g/mol. The summed E-state index contributed by atoms with van der Waals surface area (Å²) < 4.78 is 5.83. The third kappa shape index (κ3) is 4.72. The van der Waals surface area contributed by atoms with Crippen molar-refractivity contribution >= 4 is 40.4 Å². The van der Waals surface area contributed by atoms with E-state index in [1.165, 1.54) is 29.3 Å². The summed E-state index contributed by atoms with van der Waals surface area (Å²) in [5, 5.41) is 11.7. The number of carbonyl (C=O) groups is 1. The van der Waals surface area contributed by atoms with E-state index in [4.69, 9.17) is 10.5 Å². The average Bonchev–Trinajstić information content (AvgIpc) is 2.91. The Morgan fingerprint density at radius 2 is 2.33 bits per heavy atom. The molecular formula is C12H13N5O2S2. The number of carbonyl (C=O) groups excluding carboxylic acids is 1. The van der Waals surface area contributed by atoms with Gasteiger partial charge in [0.1, 0.15) is 5.75 Å². The van der Waals surface area contributed by atoms with Gasteiger partial charge in [-0.1, -0.05) is 35.2 Å². The number of aromatic nitrogens is 2. The lowest BCUT2D eigenvalue weighted by atomic mass is 10.2. The number of amides is 1. The van der Waals surface area contributed by atoms with Crippen molar-refractivity contribution in [1.82, 2.24) is 15.6 Å². The first-order valence-electron chi connectivity index (χ1n) is 5.85. The summed E-state index contributed by atoms with van der Waals surface area (Å²) in [7, 11) is 1.58. The lowest BCUT2D eigenvalue weighted by Crippen LogP contribution is -2.19. The number of benzene rings is 1. The van der Waals surface area contributed by atoms with Crippen molar-refractivity contribution in [2.24, 2.45) is 5.10 Å². The summed E-state index contributed by atoms with van der Waals surface area (Å²) >= 11 is 2.50. The van der Waals surface area contributed by atoms with E-state index in [9.17, 15) is 4.79 Å². The topological polar surface area (TPSA) is 102 Å². The van der Waals surface area contributed by atoms with E-state index >= 15 is 0 Å². The molecule has 2 rings (SSSR count). The van der Waals surface area contributed by atoms with E-state index in [-0.39, 0.29) is 11.7 Å². The van der Waals surface area contributed by atoms with E-state index < -0.39 is 0 Å². The summed E-state index contributed by atoms with van der Waals surface area (Å²) in [5.41, 5.74) is 8.67. The standard InChI is InChI=1S/C12H13N5O2S2/c1-19-9-5-3-2-4-8(9)6-14-15-10(18)7-20-12-17-16-11(13)21-12/h2-6H,7H2,1H3,(H2,13,16)(H,15,18). The fraction of sp³-hybridized carbons (Fsp3) is 0.167. The van der Waals surface area contributed by atoms with Gasteiger partial charge in [0.2, 0.25) is 5.13 Å². The molecule has 3 N–H and O–H groups in total. The van der Waals surface area contributed by atoms with E-state index in [1.54, 1.807) is 7.11 Å². The van der Waals surface area contributed by atoms with Crippen LogP contribution in [0.5, 0.6) is 5.75 Å². The number of nitrogens with one attached hydrogen (secondary N) is 1. The Balaban J connectivity index is 1.82. The molecule has 1 amide bonds. The number of thioether (sulfide) groups is 1. The fourth-order valence-electron chi connectivity index (χ4n) is 1.39. The van der Waals surface area contributed by atoms with Gasteiger partial charge in [0.25, 0.3) is 5.91 Å². The highest BCUT2D eigenvalue weighted by molar-refractivity contribution is 8.01. The number of para-hydroxylation sites is 1. The van der Waals surface area contributed by atoms with Crippen LogP contribution in [0, 0.1) is 0 Å². The predicted molar refractivity (Wildman–Crippen MR) is 83.8 cm³/mol. The Morgan fingerprint density at radius 3 is 3.05 bits per heavy atom. The molecule has 1 aromatic heterocycles. The Hall–Kier alpha value is -2.13. The maximum atomic E-state index is 11.6. The summed E-state index contributed by atoms with van der Waals surface area (Å²) in [5.74, 6) is 0.645. The molecule has 2 aromatic rings. The van der Waals surface area contributed by atoms with Crippen LogP contribution in [-0.4, -0.2) is 35.2 Å². The molecule has 0 fully saturated rings. The maximum absolute atomic E-state index is 11.6. The summed E-state index contributed by atoms with van der Waals surface area (Å²) in [6.07, 6.45) is 1.53. The molecule has 0 bridgehead atoms. The van der Waals surface area contributed by atoms with Gasteiger partial charge < -0.3 is 10.5 Å². The Labute approximate surface area is 129 Å². The van der Waals surface area contributed by atoms with Crippen molar-refractivity contribution in [3.63, 3.8) is 0 Å². The molecule has 0 aliphatic rings. The Kier molecular flexibility index (Phi) is 5.52. The molecule has 0 saturated heterocycles. The number of nitrogen functional groups attached to an aromatic ring is 1. The van der Waals surface area contributed by atoms with Gasteiger partial charge in [0, 0.05) is 5.56 Å². The lowest BCUT2D eigenvalue weighted by Gasteiger charge is -2.03. The second kappa shape index (κ2) is 7.60. The van der Waals surface area contributed by atoms with Gasteiger partial charge in [0.05, 0.1) is 19.1 Å². The zero-order chi connectivity index (χ0) is 15.1. The average molecular weight is 323 g/mol. The number of hydrogen-bond donors (Lipinski definition) is 2. The minimum Gasteiger partial charge on any atom is -0.496 e. The van der Waals surface area contributed by atoms with Crippen LogP contribution in [0.2, 0.25) is 0 Å². The number of hydrogen-bond acceptors (Lipinski definition) is 8. The minimum absolute atomic E-state index is 0.192. The lowest BCUT2D eigenvalue weighted by molar-refractivity contribution is -0.118. The minimum atomic E-state index is -0.236. The van der Waals surface area contributed by atoms with Gasteiger partial charge in [-0.05, 0) is 12.1 Å². The normalized spacial score (nSPS) is 10.7. The molecule has 7 nitrogen and oxygen atoms in total. The highest BCUT2D eigenvalue weighted by Gasteiger charge is 2.06. The van der Waals surface area contributed by atoms with Gasteiger partial charge >= 0.3 is 0 Å². The number of anilines is 1. The van der Waals surface area contributed by atoms with Crippen molar-refractivity contribution in [2.75, 3.05) is 18.6 Å². The largest absolute Gasteiger partial charge is 0.496 e. The number of rotatable bonds is 6. The molecule has 0 spiro atoms. The van der Waals surface area contributed by atoms with Crippen LogP contribution < -0.4 is 15.9 Å². The quantitative estimate of drug-likeness (QED) is 0.473. The fourth-order valence-corrected chi connectivity index (χ4v) is 2.81. The van der Waals surface area contributed by atoms with Crippen LogP contribution >= 0.6 is 23.1 Å². The Morgan fingerprint density at radius 1 is 1.52 bits per heavy atom. The molecule has 110 valence electrons. The van der Waals surface area contributed by atoms with Crippen molar-refractivity contribution in [2.45, 2.75) is 4.34 Å². The summed E-state index contributed by atoms with van der Waals surface area (Å²) in [6.45, 7) is 0. The highest BCUT2D eigenvalue weighted by atomic mass is 32.2. The number of nitrogens with zero attached hydrogens (tertiary/aromatic N) is 3. The first-order valence-corrected chi connectivity index (χ1v) is 7.66. The zero-order valence-corrected chi connectivity index (χ0v) is 12.8. The number of ether oxygens (including phenoxy) is 1. The molecule has 0 unspecified atom stereocenters. The number of nitrogens with two attached hydrogens (primary N) is 1. The van der Waals surface area contributed by atoms with Crippen LogP contribution in [0.4, 0.5) is 5.13 Å². The molecule has 0 aliphatic carbocycles. The van der Waals surface area contributed by atoms with Crippen molar-refractivity contribution in [1.29, 1.82) is 0 Å². The number of hydrazone groups is 1. The van der Waals surface area contributed by atoms with E-state index in [2.05, 4.69) is 20.7 Å². The predicted octanol–water partition coefficient (Wildman–Crippen LogP) is 1.37. The van der Waals surface area contributed by atoms with Crippen molar-refractivity contribution in [3.8, 4) is 5.75 Å². The SMILES string of the molecule is COc1ccccc1C=NNC(=O)CSc1nnc(N)s1. The number of methoxy groups -OCH3 is 1. The smallest absolute Gasteiger partial charge is 0.250 e. The summed E-state index contributed by atoms with van der Waals surface area (Å²) in [6, 6.07) is 7.38. The van der Waals surface area contributed by atoms with Gasteiger partial charge in [0.15, 0.2) is 4.34 Å². The van der Waals surface area contributed by atoms with Gasteiger partial charge in [-0.15, -0.1) is 10.2 Å². The van der Waals surface area contributed by atoms with Crippen molar-refractivity contribution in [3.05, 3.63) is 29.8 Å². The second-order valence-electron chi connectivity index (χ2n) is 3.73. The molecule has 0 radical (unpaired) electrons. The summed E-state index contributed by atoms with van der Waals surface area (Å²) in [4.78, 5) is 11.6. The molecule has 21 heavy (non-hydrogen) atoms. The third-order valence-electron chi connectivity index (χ3n) is 2.28. The maximum Gasteiger partial charge on any atom is 0.250 e. The van der Waals surface area contributed by atoms with Crippen LogP contribution in [0.1, 0.15) is 5.56 Å². The van der Waals surface area contributed by atoms with Crippen LogP contribution in [0.3, 0.4) is 0 Å². The first-order chi connectivity index (χ1) is 10.2. The van der Waals surface area contributed by atoms with Crippen LogP contribution in [-0.2, 0) is 4.79 Å². The van der Waals surface area contributed by atoms with Crippen molar-refractivity contribution < 1.29 is 9.53 Å². The molecule has 1 aromatic carbocycles. The van der Waals surface area contributed by atoms with Gasteiger partial charge in [-0.3, -0.25) is 4.79 Å². The molecule has 0 aliphatic heterocycles. The van der Waals surface area contributed by atoms with Crippen LogP contribution in [0.25, 0.3) is 0 Å². The van der Waals surface area contributed by atoms with Gasteiger partial charge in [-0.25, -0.2) is 5.43 Å². The monoisotopic (exact) mass is 323 g/mol. The third-order valence-corrected chi connectivity index (χ3v) is 4.17.